The van der Waals surface area contributed by atoms with Crippen LogP contribution in [0.4, 0.5) is 0 Å². The summed E-state index contributed by atoms with van der Waals surface area (Å²) in [5.41, 5.74) is -0.515. The molecule has 0 amide bonds. The van der Waals surface area contributed by atoms with Gasteiger partial charge in [-0.1, -0.05) is 27.2 Å². The van der Waals surface area contributed by atoms with Gasteiger partial charge >= 0.3 is 5.97 Å². The summed E-state index contributed by atoms with van der Waals surface area (Å²) in [6.07, 6.45) is 1.77. The van der Waals surface area contributed by atoms with E-state index in [0.717, 1.165) is 25.7 Å². The second kappa shape index (κ2) is 5.15. The Morgan fingerprint density at radius 2 is 2.06 bits per heavy atom. The number of carbonyl (C=O) groups is 1. The second-order valence-electron chi connectivity index (χ2n) is 5.22. The van der Waals surface area contributed by atoms with Gasteiger partial charge in [0.05, 0.1) is 0 Å². The third-order valence-corrected chi connectivity index (χ3v) is 3.56. The lowest BCUT2D eigenvalue weighted by atomic mass is 9.73. The lowest BCUT2D eigenvalue weighted by molar-refractivity contribution is -0.199. The minimum atomic E-state index is -2.02. The maximum Gasteiger partial charge on any atom is 0.363 e. The Bertz CT molecular complexity index is 249. The fourth-order valence-corrected chi connectivity index (χ4v) is 2.53. The van der Waals surface area contributed by atoms with Gasteiger partial charge in [-0.05, 0) is 31.1 Å². The van der Waals surface area contributed by atoms with Gasteiger partial charge in [-0.15, -0.1) is 0 Å². The molecule has 0 saturated heterocycles. The molecule has 0 heterocycles. The van der Waals surface area contributed by atoms with Crippen molar-refractivity contribution in [1.82, 2.24) is 0 Å². The summed E-state index contributed by atoms with van der Waals surface area (Å²) in [4.78, 5) is 11.3. The Hall–Kier alpha value is -0.610. The Morgan fingerprint density at radius 1 is 1.44 bits per heavy atom. The van der Waals surface area contributed by atoms with E-state index in [0.29, 0.717) is 5.92 Å². The van der Waals surface area contributed by atoms with Gasteiger partial charge in [0, 0.05) is 0 Å². The van der Waals surface area contributed by atoms with E-state index in [1.807, 2.05) is 13.8 Å². The summed E-state index contributed by atoms with van der Waals surface area (Å²) < 4.78 is 5.33. The van der Waals surface area contributed by atoms with Crippen molar-refractivity contribution >= 4 is 5.97 Å². The Balaban J connectivity index is 2.76. The van der Waals surface area contributed by atoms with Crippen molar-refractivity contribution in [3.8, 4) is 0 Å². The molecule has 1 fully saturated rings. The third-order valence-electron chi connectivity index (χ3n) is 3.56. The summed E-state index contributed by atoms with van der Waals surface area (Å²) in [5, 5.41) is 17.6. The van der Waals surface area contributed by atoms with Gasteiger partial charge in [-0.25, -0.2) is 4.79 Å². The van der Waals surface area contributed by atoms with Crippen molar-refractivity contribution in [2.24, 2.45) is 11.8 Å². The summed E-state index contributed by atoms with van der Waals surface area (Å²) in [6.45, 7) is 6.16. The van der Waals surface area contributed by atoms with Gasteiger partial charge in [-0.2, -0.15) is 0 Å². The van der Waals surface area contributed by atoms with Crippen LogP contribution in [0.1, 0.15) is 46.5 Å². The van der Waals surface area contributed by atoms with Gasteiger partial charge in [0.1, 0.15) is 5.60 Å². The smallest absolute Gasteiger partial charge is 0.363 e. The van der Waals surface area contributed by atoms with Crippen LogP contribution in [-0.2, 0) is 9.53 Å². The van der Waals surface area contributed by atoms with Crippen LogP contribution in [0.5, 0.6) is 0 Å². The molecule has 0 spiro atoms. The molecular weight excluding hydrogens is 208 g/mol. The van der Waals surface area contributed by atoms with E-state index in [1.165, 1.54) is 0 Å². The van der Waals surface area contributed by atoms with Crippen molar-refractivity contribution in [2.75, 3.05) is 0 Å². The predicted molar refractivity (Wildman–Crippen MR) is 59.5 cm³/mol. The molecule has 0 radical (unpaired) electrons. The molecule has 2 unspecified atom stereocenters. The highest BCUT2D eigenvalue weighted by atomic mass is 16.6. The molecule has 0 aromatic heterocycles. The van der Waals surface area contributed by atoms with Gasteiger partial charge in [0.2, 0.25) is 0 Å². The maximum atomic E-state index is 11.3. The number of hydrogen-bond donors (Lipinski definition) is 2. The number of rotatable bonds is 3. The molecule has 0 aromatic carbocycles. The van der Waals surface area contributed by atoms with Crippen LogP contribution >= 0.6 is 0 Å². The molecule has 4 heteroatoms. The number of carbonyl (C=O) groups excluding carboxylic acids is 1. The SMILES string of the molecule is CC1CCCC(OC(=O)C(O)O)(C(C)C)C1. The Labute approximate surface area is 96.6 Å². The quantitative estimate of drug-likeness (QED) is 0.569. The maximum absolute atomic E-state index is 11.3. The summed E-state index contributed by atoms with van der Waals surface area (Å²) in [7, 11) is 0. The van der Waals surface area contributed by atoms with E-state index in [-0.39, 0.29) is 5.92 Å². The molecule has 2 atom stereocenters. The largest absolute Gasteiger partial charge is 0.455 e. The van der Waals surface area contributed by atoms with Crippen LogP contribution in [0.3, 0.4) is 0 Å². The molecule has 1 saturated carbocycles. The number of aliphatic hydroxyl groups excluding tert-OH is 1. The van der Waals surface area contributed by atoms with Crippen LogP contribution in [0, 0.1) is 11.8 Å². The zero-order valence-corrected chi connectivity index (χ0v) is 10.3. The minimum Gasteiger partial charge on any atom is -0.455 e. The first-order valence-corrected chi connectivity index (χ1v) is 5.96. The lowest BCUT2D eigenvalue weighted by Gasteiger charge is -2.42. The first-order chi connectivity index (χ1) is 7.37. The van der Waals surface area contributed by atoms with Crippen LogP contribution < -0.4 is 0 Å². The number of hydrogen-bond acceptors (Lipinski definition) is 4. The second-order valence-corrected chi connectivity index (χ2v) is 5.22. The normalized spacial score (nSPS) is 30.8. The van der Waals surface area contributed by atoms with Crippen LogP contribution in [0.15, 0.2) is 0 Å². The molecule has 1 aliphatic carbocycles. The van der Waals surface area contributed by atoms with E-state index in [2.05, 4.69) is 6.92 Å². The molecule has 94 valence electrons. The zero-order valence-electron chi connectivity index (χ0n) is 10.3. The Morgan fingerprint density at radius 3 is 2.50 bits per heavy atom. The molecule has 0 aliphatic heterocycles. The summed E-state index contributed by atoms with van der Waals surface area (Å²) in [5.74, 6) is -0.222. The number of esters is 1. The number of aliphatic hydroxyl groups is 2. The predicted octanol–water partition coefficient (Wildman–Crippen LogP) is 1.45. The fraction of sp³-hybridized carbons (Fsp3) is 0.917. The van der Waals surface area contributed by atoms with E-state index in [4.69, 9.17) is 14.9 Å². The van der Waals surface area contributed by atoms with Crippen LogP contribution in [0.25, 0.3) is 0 Å². The van der Waals surface area contributed by atoms with Gasteiger partial charge in [0.15, 0.2) is 0 Å². The van der Waals surface area contributed by atoms with Crippen molar-refractivity contribution in [3.05, 3.63) is 0 Å². The van der Waals surface area contributed by atoms with Crippen molar-refractivity contribution in [3.63, 3.8) is 0 Å². The van der Waals surface area contributed by atoms with Gasteiger partial charge in [-0.3, -0.25) is 0 Å². The first-order valence-electron chi connectivity index (χ1n) is 5.96. The van der Waals surface area contributed by atoms with E-state index in [1.54, 1.807) is 0 Å². The molecule has 0 aromatic rings. The Kier molecular flexibility index (Phi) is 4.33. The molecule has 16 heavy (non-hydrogen) atoms. The zero-order chi connectivity index (χ0) is 12.3. The highest BCUT2D eigenvalue weighted by molar-refractivity contribution is 5.73. The number of ether oxygens (including phenoxy) is 1. The van der Waals surface area contributed by atoms with Crippen molar-refractivity contribution < 1.29 is 19.7 Å². The standard InChI is InChI=1S/C12H22O4/c1-8(2)12(16-11(15)10(13)14)6-4-5-9(3)7-12/h8-10,13-14H,4-7H2,1-3H3. The molecular formula is C12H22O4. The van der Waals surface area contributed by atoms with E-state index >= 15 is 0 Å². The molecule has 4 nitrogen and oxygen atoms in total. The molecule has 2 N–H and O–H groups in total. The summed E-state index contributed by atoms with van der Waals surface area (Å²) in [6, 6.07) is 0. The van der Waals surface area contributed by atoms with Crippen LogP contribution in [0.2, 0.25) is 0 Å². The van der Waals surface area contributed by atoms with Crippen molar-refractivity contribution in [2.45, 2.75) is 58.3 Å². The molecule has 1 rings (SSSR count). The molecule has 0 bridgehead atoms. The lowest BCUT2D eigenvalue weighted by Crippen LogP contribution is -2.46. The highest BCUT2D eigenvalue weighted by Crippen LogP contribution is 2.40. The highest BCUT2D eigenvalue weighted by Gasteiger charge is 2.42. The van der Waals surface area contributed by atoms with Gasteiger partial charge < -0.3 is 14.9 Å². The first kappa shape index (κ1) is 13.5. The van der Waals surface area contributed by atoms with E-state index in [9.17, 15) is 4.79 Å². The van der Waals surface area contributed by atoms with Gasteiger partial charge in [0.25, 0.3) is 6.29 Å². The van der Waals surface area contributed by atoms with Crippen LogP contribution in [-0.4, -0.2) is 28.1 Å². The third kappa shape index (κ3) is 2.95. The molecule has 1 aliphatic rings. The topological polar surface area (TPSA) is 66.8 Å². The average Bonchev–Trinajstić information content (AvgIpc) is 2.17. The minimum absolute atomic E-state index is 0.193. The average molecular weight is 230 g/mol. The fourth-order valence-electron chi connectivity index (χ4n) is 2.53. The van der Waals surface area contributed by atoms with E-state index < -0.39 is 17.9 Å². The monoisotopic (exact) mass is 230 g/mol. The summed E-state index contributed by atoms with van der Waals surface area (Å²) >= 11 is 0. The van der Waals surface area contributed by atoms with Crippen molar-refractivity contribution in [1.29, 1.82) is 0 Å².